The van der Waals surface area contributed by atoms with E-state index in [0.717, 1.165) is 52.0 Å². The monoisotopic (exact) mass is 330 g/mol. The first-order chi connectivity index (χ1) is 11.6. The van der Waals surface area contributed by atoms with Crippen molar-refractivity contribution in [2.45, 2.75) is 44.7 Å². The Kier molecular flexibility index (Phi) is 5.90. The number of benzene rings is 1. The van der Waals surface area contributed by atoms with Crippen LogP contribution in [0.2, 0.25) is 0 Å². The lowest BCUT2D eigenvalue weighted by Gasteiger charge is -2.39. The zero-order valence-corrected chi connectivity index (χ0v) is 15.0. The maximum atomic E-state index is 13.0. The molecule has 0 radical (unpaired) electrons. The Morgan fingerprint density at radius 2 is 1.83 bits per heavy atom. The van der Waals surface area contributed by atoms with Gasteiger partial charge in [0.05, 0.1) is 6.04 Å². The summed E-state index contributed by atoms with van der Waals surface area (Å²) in [6.45, 7) is 3.32. The molecule has 2 heterocycles. The normalized spacial score (nSPS) is 22.8. The number of ether oxygens (including phenoxy) is 1. The molecule has 2 saturated heterocycles. The van der Waals surface area contributed by atoms with Crippen LogP contribution in [-0.4, -0.2) is 49.6 Å². The number of nitrogens with zero attached hydrogens (tertiary/aromatic N) is 2. The summed E-state index contributed by atoms with van der Waals surface area (Å²) in [6.07, 6.45) is 5.18. The number of hydrogen-bond donors (Lipinski definition) is 0. The van der Waals surface area contributed by atoms with E-state index in [1.807, 2.05) is 0 Å². The molecule has 0 bridgehead atoms. The highest BCUT2D eigenvalue weighted by Crippen LogP contribution is 2.33. The van der Waals surface area contributed by atoms with Crippen LogP contribution in [-0.2, 0) is 16.1 Å². The van der Waals surface area contributed by atoms with Crippen LogP contribution >= 0.6 is 0 Å². The van der Waals surface area contributed by atoms with E-state index in [0.29, 0.717) is 5.91 Å². The van der Waals surface area contributed by atoms with Gasteiger partial charge < -0.3 is 14.5 Å². The van der Waals surface area contributed by atoms with E-state index in [4.69, 9.17) is 4.74 Å². The third-order valence-electron chi connectivity index (χ3n) is 5.22. The highest BCUT2D eigenvalue weighted by molar-refractivity contribution is 5.79. The maximum Gasteiger partial charge on any atom is 0.226 e. The van der Waals surface area contributed by atoms with Crippen molar-refractivity contribution in [1.29, 1.82) is 0 Å². The Morgan fingerprint density at radius 1 is 1.12 bits per heavy atom. The van der Waals surface area contributed by atoms with Gasteiger partial charge in [-0.05, 0) is 57.3 Å². The molecule has 1 aromatic rings. The summed E-state index contributed by atoms with van der Waals surface area (Å²) in [7, 11) is 4.17. The van der Waals surface area contributed by atoms with Crippen LogP contribution in [0.25, 0.3) is 0 Å². The lowest BCUT2D eigenvalue weighted by Crippen LogP contribution is -2.43. The molecule has 2 fully saturated rings. The first-order valence-electron chi connectivity index (χ1n) is 9.27. The van der Waals surface area contributed by atoms with Crippen molar-refractivity contribution >= 4 is 5.91 Å². The van der Waals surface area contributed by atoms with E-state index >= 15 is 0 Å². The van der Waals surface area contributed by atoms with Crippen LogP contribution in [0.3, 0.4) is 0 Å². The minimum absolute atomic E-state index is 0.160. The standard InChI is InChI=1S/C20H30N2O2/c1-21(2)15-16-6-8-17(9-7-16)19-5-3-4-12-22(19)20(23)18-10-13-24-14-11-18/h6-9,18-19H,3-5,10-15H2,1-2H3/t19-/m0/s1. The average molecular weight is 330 g/mol. The Balaban J connectivity index is 1.72. The first kappa shape index (κ1) is 17.4. The highest BCUT2D eigenvalue weighted by atomic mass is 16.5. The Labute approximate surface area is 145 Å². The van der Waals surface area contributed by atoms with Crippen LogP contribution in [0, 0.1) is 5.92 Å². The fourth-order valence-electron chi connectivity index (χ4n) is 3.93. The predicted octanol–water partition coefficient (Wildman–Crippen LogP) is 3.23. The molecular weight excluding hydrogens is 300 g/mol. The molecule has 1 amide bonds. The zero-order valence-electron chi connectivity index (χ0n) is 15.0. The van der Waals surface area contributed by atoms with E-state index in [1.165, 1.54) is 17.5 Å². The molecule has 132 valence electrons. The summed E-state index contributed by atoms with van der Waals surface area (Å²) in [5, 5.41) is 0. The molecule has 4 nitrogen and oxygen atoms in total. The fraction of sp³-hybridized carbons (Fsp3) is 0.650. The number of carbonyl (C=O) groups is 1. The van der Waals surface area contributed by atoms with E-state index in [1.54, 1.807) is 0 Å². The predicted molar refractivity (Wildman–Crippen MR) is 95.7 cm³/mol. The second-order valence-corrected chi connectivity index (χ2v) is 7.41. The molecule has 0 aromatic heterocycles. The molecule has 0 aliphatic carbocycles. The SMILES string of the molecule is CN(C)Cc1ccc([C@@H]2CCCCN2C(=O)C2CCOCC2)cc1. The lowest BCUT2D eigenvalue weighted by atomic mass is 9.91. The molecule has 24 heavy (non-hydrogen) atoms. The van der Waals surface area contributed by atoms with Crippen LogP contribution in [0.1, 0.15) is 49.3 Å². The van der Waals surface area contributed by atoms with Crippen molar-refractivity contribution in [2.75, 3.05) is 33.9 Å². The number of hydrogen-bond acceptors (Lipinski definition) is 3. The zero-order chi connectivity index (χ0) is 16.9. The van der Waals surface area contributed by atoms with Crippen molar-refractivity contribution in [3.63, 3.8) is 0 Å². The van der Waals surface area contributed by atoms with Crippen molar-refractivity contribution < 1.29 is 9.53 Å². The molecule has 2 aliphatic heterocycles. The largest absolute Gasteiger partial charge is 0.381 e. The number of likely N-dealkylation sites (tertiary alicyclic amines) is 1. The molecule has 1 atom stereocenters. The average Bonchev–Trinajstić information content (AvgIpc) is 2.62. The van der Waals surface area contributed by atoms with Gasteiger partial charge in [-0.25, -0.2) is 0 Å². The van der Waals surface area contributed by atoms with E-state index in [2.05, 4.69) is 48.2 Å². The molecule has 0 N–H and O–H groups in total. The molecule has 3 rings (SSSR count). The van der Waals surface area contributed by atoms with Gasteiger partial charge in [0, 0.05) is 32.2 Å². The van der Waals surface area contributed by atoms with Gasteiger partial charge in [0.1, 0.15) is 0 Å². The summed E-state index contributed by atoms with van der Waals surface area (Å²) in [5.41, 5.74) is 2.61. The molecule has 4 heteroatoms. The minimum Gasteiger partial charge on any atom is -0.381 e. The second kappa shape index (κ2) is 8.13. The van der Waals surface area contributed by atoms with Gasteiger partial charge in [-0.2, -0.15) is 0 Å². The molecular formula is C20H30N2O2. The van der Waals surface area contributed by atoms with Crippen LogP contribution < -0.4 is 0 Å². The number of carbonyl (C=O) groups excluding carboxylic acids is 1. The van der Waals surface area contributed by atoms with Gasteiger partial charge in [0.2, 0.25) is 5.91 Å². The highest BCUT2D eigenvalue weighted by Gasteiger charge is 2.33. The fourth-order valence-corrected chi connectivity index (χ4v) is 3.93. The van der Waals surface area contributed by atoms with Crippen LogP contribution in [0.4, 0.5) is 0 Å². The smallest absolute Gasteiger partial charge is 0.226 e. The van der Waals surface area contributed by atoms with Crippen LogP contribution in [0.5, 0.6) is 0 Å². The van der Waals surface area contributed by atoms with Gasteiger partial charge in [0.25, 0.3) is 0 Å². The summed E-state index contributed by atoms with van der Waals surface area (Å²) >= 11 is 0. The molecule has 0 unspecified atom stereocenters. The van der Waals surface area contributed by atoms with Crippen molar-refractivity contribution in [2.24, 2.45) is 5.92 Å². The number of amides is 1. The van der Waals surface area contributed by atoms with Gasteiger partial charge in [-0.15, -0.1) is 0 Å². The number of rotatable bonds is 4. The van der Waals surface area contributed by atoms with E-state index < -0.39 is 0 Å². The van der Waals surface area contributed by atoms with Gasteiger partial charge >= 0.3 is 0 Å². The second-order valence-electron chi connectivity index (χ2n) is 7.41. The van der Waals surface area contributed by atoms with Crippen molar-refractivity contribution in [3.8, 4) is 0 Å². The summed E-state index contributed by atoms with van der Waals surface area (Å²) in [5.74, 6) is 0.507. The molecule has 0 spiro atoms. The number of piperidine rings is 1. The third kappa shape index (κ3) is 4.17. The summed E-state index contributed by atoms with van der Waals surface area (Å²) in [4.78, 5) is 17.3. The molecule has 1 aromatic carbocycles. The topological polar surface area (TPSA) is 32.8 Å². The molecule has 2 aliphatic rings. The summed E-state index contributed by atoms with van der Waals surface area (Å²) in [6, 6.07) is 9.11. The van der Waals surface area contributed by atoms with Crippen molar-refractivity contribution in [1.82, 2.24) is 9.80 Å². The van der Waals surface area contributed by atoms with E-state index in [-0.39, 0.29) is 12.0 Å². The third-order valence-corrected chi connectivity index (χ3v) is 5.22. The van der Waals surface area contributed by atoms with Gasteiger partial charge in [-0.1, -0.05) is 24.3 Å². The van der Waals surface area contributed by atoms with Gasteiger partial charge in [0.15, 0.2) is 0 Å². The van der Waals surface area contributed by atoms with Crippen molar-refractivity contribution in [3.05, 3.63) is 35.4 Å². The molecule has 0 saturated carbocycles. The lowest BCUT2D eigenvalue weighted by molar-refractivity contribution is -0.142. The first-order valence-corrected chi connectivity index (χ1v) is 9.27. The Hall–Kier alpha value is -1.39. The minimum atomic E-state index is 0.160. The van der Waals surface area contributed by atoms with Crippen LogP contribution in [0.15, 0.2) is 24.3 Å². The Morgan fingerprint density at radius 3 is 2.50 bits per heavy atom. The Bertz CT molecular complexity index is 535. The summed E-state index contributed by atoms with van der Waals surface area (Å²) < 4.78 is 5.42. The van der Waals surface area contributed by atoms with E-state index in [9.17, 15) is 4.79 Å². The van der Waals surface area contributed by atoms with Gasteiger partial charge in [-0.3, -0.25) is 4.79 Å². The quantitative estimate of drug-likeness (QED) is 0.850. The maximum absolute atomic E-state index is 13.0.